The molecule has 0 saturated heterocycles. The number of alkyl halides is 3. The normalized spacial score (nSPS) is 14.4. The highest BCUT2D eigenvalue weighted by molar-refractivity contribution is 5.75. The summed E-state index contributed by atoms with van der Waals surface area (Å²) in [4.78, 5) is 11.5. The number of halogens is 3. The van der Waals surface area contributed by atoms with Crippen LogP contribution in [-0.2, 0) is 14.3 Å². The molecule has 0 saturated carbocycles. The van der Waals surface area contributed by atoms with E-state index in [1.807, 2.05) is 0 Å². The summed E-state index contributed by atoms with van der Waals surface area (Å²) < 4.78 is 44.7. The molecule has 0 aliphatic carbocycles. The molecule has 0 aromatic heterocycles. The zero-order chi connectivity index (χ0) is 14.4. The van der Waals surface area contributed by atoms with E-state index in [1.54, 1.807) is 27.7 Å². The van der Waals surface area contributed by atoms with Crippen LogP contribution in [0.15, 0.2) is 0 Å². The molecule has 0 aliphatic rings. The number of ether oxygens (including phenoxy) is 2. The van der Waals surface area contributed by atoms with Crippen molar-refractivity contribution in [3.8, 4) is 0 Å². The van der Waals surface area contributed by atoms with Crippen LogP contribution in [0.5, 0.6) is 0 Å². The third-order valence-corrected chi connectivity index (χ3v) is 1.72. The molecular weight excluding hydrogens is 251 g/mol. The first-order valence-electron chi connectivity index (χ1n) is 5.62. The van der Waals surface area contributed by atoms with Crippen molar-refractivity contribution in [3.05, 3.63) is 0 Å². The van der Waals surface area contributed by atoms with E-state index in [1.165, 1.54) is 0 Å². The number of carbonyl (C=O) groups is 1. The molecule has 0 fully saturated rings. The zero-order valence-electron chi connectivity index (χ0n) is 11.1. The van der Waals surface area contributed by atoms with Gasteiger partial charge in [0.1, 0.15) is 18.2 Å². The van der Waals surface area contributed by atoms with Crippen molar-refractivity contribution in [2.24, 2.45) is 0 Å². The molecule has 0 rings (SSSR count). The topological polar surface area (TPSA) is 47.6 Å². The third kappa shape index (κ3) is 10.3. The molecule has 108 valence electrons. The summed E-state index contributed by atoms with van der Waals surface area (Å²) in [5.41, 5.74) is -0.584. The summed E-state index contributed by atoms with van der Waals surface area (Å²) in [7, 11) is 0. The monoisotopic (exact) mass is 271 g/mol. The highest BCUT2D eigenvalue weighted by Gasteiger charge is 2.27. The maximum absolute atomic E-state index is 11.7. The molecule has 1 atom stereocenters. The van der Waals surface area contributed by atoms with Gasteiger partial charge in [-0.2, -0.15) is 13.2 Å². The fraction of sp³-hybridized carbons (Fsp3) is 0.909. The summed E-state index contributed by atoms with van der Waals surface area (Å²) in [6.45, 7) is 5.55. The Hall–Kier alpha value is -0.820. The minimum absolute atomic E-state index is 0.118. The number of nitrogens with one attached hydrogen (secondary N) is 1. The number of hydrogen-bond donors (Lipinski definition) is 1. The Bertz CT molecular complexity index is 261. The van der Waals surface area contributed by atoms with Crippen LogP contribution in [0.2, 0.25) is 0 Å². The van der Waals surface area contributed by atoms with Gasteiger partial charge >= 0.3 is 12.1 Å². The van der Waals surface area contributed by atoms with Gasteiger partial charge in [-0.05, 0) is 27.7 Å². The van der Waals surface area contributed by atoms with Crippen molar-refractivity contribution in [2.45, 2.75) is 45.5 Å². The average molecular weight is 271 g/mol. The Morgan fingerprint density at radius 2 is 1.83 bits per heavy atom. The van der Waals surface area contributed by atoms with E-state index < -0.39 is 30.4 Å². The molecule has 0 aromatic rings. The van der Waals surface area contributed by atoms with Crippen LogP contribution < -0.4 is 5.32 Å². The zero-order valence-corrected chi connectivity index (χ0v) is 11.1. The van der Waals surface area contributed by atoms with Crippen molar-refractivity contribution >= 4 is 5.97 Å². The Morgan fingerprint density at radius 3 is 2.28 bits per heavy atom. The Kier molecular flexibility index (Phi) is 6.62. The van der Waals surface area contributed by atoms with Gasteiger partial charge in [0.25, 0.3) is 0 Å². The largest absolute Gasteiger partial charge is 0.459 e. The lowest BCUT2D eigenvalue weighted by Crippen LogP contribution is -2.40. The van der Waals surface area contributed by atoms with Crippen LogP contribution in [0, 0.1) is 0 Å². The summed E-state index contributed by atoms with van der Waals surface area (Å²) in [6.07, 6.45) is -4.32. The van der Waals surface area contributed by atoms with Crippen molar-refractivity contribution in [1.29, 1.82) is 0 Å². The Labute approximate surface area is 105 Å². The molecule has 0 radical (unpaired) electrons. The van der Waals surface area contributed by atoms with Crippen LogP contribution in [-0.4, -0.2) is 43.5 Å². The molecule has 0 spiro atoms. The van der Waals surface area contributed by atoms with E-state index in [4.69, 9.17) is 4.74 Å². The number of carbonyl (C=O) groups excluding carboxylic acids is 1. The highest BCUT2D eigenvalue weighted by Crippen LogP contribution is 2.14. The lowest BCUT2D eigenvalue weighted by molar-refractivity contribution is -0.174. The lowest BCUT2D eigenvalue weighted by atomic mass is 10.2. The molecule has 1 N–H and O–H groups in total. The quantitative estimate of drug-likeness (QED) is 0.592. The van der Waals surface area contributed by atoms with Crippen molar-refractivity contribution in [1.82, 2.24) is 5.32 Å². The van der Waals surface area contributed by atoms with Gasteiger partial charge in [0, 0.05) is 6.54 Å². The Morgan fingerprint density at radius 1 is 1.28 bits per heavy atom. The first-order valence-corrected chi connectivity index (χ1v) is 5.62. The maximum Gasteiger partial charge on any atom is 0.411 e. The smallest absolute Gasteiger partial charge is 0.411 e. The minimum Gasteiger partial charge on any atom is -0.459 e. The molecule has 0 aromatic carbocycles. The van der Waals surface area contributed by atoms with Crippen LogP contribution >= 0.6 is 0 Å². The van der Waals surface area contributed by atoms with E-state index >= 15 is 0 Å². The van der Waals surface area contributed by atoms with E-state index in [-0.39, 0.29) is 13.2 Å². The second kappa shape index (κ2) is 6.94. The number of rotatable bonds is 6. The SMILES string of the molecule is CC(NCCOCC(F)(F)F)C(=O)OC(C)(C)C. The Balaban J connectivity index is 3.71. The summed E-state index contributed by atoms with van der Waals surface area (Å²) in [5.74, 6) is -0.446. The molecule has 0 amide bonds. The van der Waals surface area contributed by atoms with Gasteiger partial charge < -0.3 is 14.8 Å². The lowest BCUT2D eigenvalue weighted by Gasteiger charge is -2.22. The van der Waals surface area contributed by atoms with Crippen molar-refractivity contribution in [2.75, 3.05) is 19.8 Å². The van der Waals surface area contributed by atoms with Gasteiger partial charge in [-0.25, -0.2) is 0 Å². The van der Waals surface area contributed by atoms with Gasteiger partial charge in [0.15, 0.2) is 0 Å². The van der Waals surface area contributed by atoms with Crippen LogP contribution in [0.3, 0.4) is 0 Å². The van der Waals surface area contributed by atoms with Crippen molar-refractivity contribution < 1.29 is 27.4 Å². The molecular formula is C11H20F3NO3. The second-order valence-electron chi connectivity index (χ2n) is 4.88. The van der Waals surface area contributed by atoms with Gasteiger partial charge in [-0.1, -0.05) is 0 Å². The molecule has 0 bridgehead atoms. The first-order chi connectivity index (χ1) is 8.01. The number of esters is 1. The molecule has 7 heteroatoms. The fourth-order valence-electron chi connectivity index (χ4n) is 1.01. The van der Waals surface area contributed by atoms with E-state index in [0.717, 1.165) is 0 Å². The van der Waals surface area contributed by atoms with Crippen LogP contribution in [0.4, 0.5) is 13.2 Å². The van der Waals surface area contributed by atoms with Crippen molar-refractivity contribution in [3.63, 3.8) is 0 Å². The summed E-state index contributed by atoms with van der Waals surface area (Å²) in [5, 5.41) is 2.72. The number of hydrogen-bond acceptors (Lipinski definition) is 4. The third-order valence-electron chi connectivity index (χ3n) is 1.72. The van der Waals surface area contributed by atoms with Crippen LogP contribution in [0.25, 0.3) is 0 Å². The molecule has 0 aliphatic heterocycles. The summed E-state index contributed by atoms with van der Waals surface area (Å²) in [6, 6.07) is -0.585. The average Bonchev–Trinajstić information content (AvgIpc) is 2.12. The summed E-state index contributed by atoms with van der Waals surface area (Å²) >= 11 is 0. The molecule has 4 nitrogen and oxygen atoms in total. The predicted molar refractivity (Wildman–Crippen MR) is 60.2 cm³/mol. The fourth-order valence-corrected chi connectivity index (χ4v) is 1.01. The standard InChI is InChI=1S/C11H20F3NO3/c1-8(9(16)18-10(2,3)4)15-5-6-17-7-11(12,13)14/h8,15H,5-7H2,1-4H3. The highest BCUT2D eigenvalue weighted by atomic mass is 19.4. The van der Waals surface area contributed by atoms with Crippen LogP contribution in [0.1, 0.15) is 27.7 Å². The van der Waals surface area contributed by atoms with E-state index in [2.05, 4.69) is 10.1 Å². The van der Waals surface area contributed by atoms with Gasteiger partial charge in [-0.15, -0.1) is 0 Å². The van der Waals surface area contributed by atoms with Gasteiger partial charge in [-0.3, -0.25) is 4.79 Å². The maximum atomic E-state index is 11.7. The van der Waals surface area contributed by atoms with E-state index in [0.29, 0.717) is 0 Å². The predicted octanol–water partition coefficient (Wildman–Crippen LogP) is 1.89. The minimum atomic E-state index is -4.32. The molecule has 0 heterocycles. The molecule has 18 heavy (non-hydrogen) atoms. The van der Waals surface area contributed by atoms with Gasteiger partial charge in [0.05, 0.1) is 6.61 Å². The molecule has 1 unspecified atom stereocenters. The first kappa shape index (κ1) is 17.2. The second-order valence-corrected chi connectivity index (χ2v) is 4.88. The van der Waals surface area contributed by atoms with Gasteiger partial charge in [0.2, 0.25) is 0 Å². The van der Waals surface area contributed by atoms with E-state index in [9.17, 15) is 18.0 Å².